The zero-order valence-corrected chi connectivity index (χ0v) is 15.9. The first-order valence-electron chi connectivity index (χ1n) is 7.29. The van der Waals surface area contributed by atoms with E-state index in [-0.39, 0.29) is 17.2 Å². The number of hydrogen-bond donors (Lipinski definition) is 2. The van der Waals surface area contributed by atoms with Gasteiger partial charge in [-0.25, -0.2) is 4.79 Å². The maximum Gasteiger partial charge on any atom is 0.407 e. The average molecular weight is 449 g/mol. The van der Waals surface area contributed by atoms with Gasteiger partial charge in [0, 0.05) is 28.8 Å². The monoisotopic (exact) mass is 449 g/mol. The van der Waals surface area contributed by atoms with Crippen molar-refractivity contribution in [2.24, 2.45) is 0 Å². The van der Waals surface area contributed by atoms with Gasteiger partial charge in [-0.3, -0.25) is 14.9 Å². The summed E-state index contributed by atoms with van der Waals surface area (Å²) in [6.45, 7) is 5.99. The molecule has 0 radical (unpaired) electrons. The third-order valence-corrected chi connectivity index (χ3v) is 3.65. The molecule has 0 spiro atoms. The van der Waals surface area contributed by atoms with E-state index in [4.69, 9.17) is 4.74 Å². The van der Waals surface area contributed by atoms with E-state index in [0.717, 1.165) is 0 Å². The van der Waals surface area contributed by atoms with Crippen LogP contribution in [-0.2, 0) is 4.74 Å². The number of amides is 2. The van der Waals surface area contributed by atoms with Crippen molar-refractivity contribution in [1.82, 2.24) is 10.6 Å². The number of rotatable bonds is 6. The lowest BCUT2D eigenvalue weighted by molar-refractivity contribution is -0.384. The smallest absolute Gasteiger partial charge is 0.407 e. The Morgan fingerprint density at radius 3 is 2.46 bits per heavy atom. The van der Waals surface area contributed by atoms with Crippen molar-refractivity contribution in [2.75, 3.05) is 13.1 Å². The number of nitrogens with zero attached hydrogens (tertiary/aromatic N) is 1. The van der Waals surface area contributed by atoms with E-state index in [1.807, 2.05) is 22.6 Å². The van der Waals surface area contributed by atoms with Gasteiger partial charge in [0.15, 0.2) is 0 Å². The van der Waals surface area contributed by atoms with E-state index < -0.39 is 16.6 Å². The molecule has 24 heavy (non-hydrogen) atoms. The zero-order chi connectivity index (χ0) is 18.3. The molecule has 1 aromatic carbocycles. The van der Waals surface area contributed by atoms with Crippen LogP contribution in [0.4, 0.5) is 10.5 Å². The normalized spacial score (nSPS) is 10.8. The van der Waals surface area contributed by atoms with Crippen LogP contribution in [0.15, 0.2) is 18.2 Å². The maximum atomic E-state index is 12.1. The van der Waals surface area contributed by atoms with Crippen LogP contribution in [-0.4, -0.2) is 35.6 Å². The van der Waals surface area contributed by atoms with Crippen LogP contribution < -0.4 is 10.6 Å². The van der Waals surface area contributed by atoms with E-state index in [1.54, 1.807) is 20.8 Å². The molecule has 0 aromatic heterocycles. The van der Waals surface area contributed by atoms with Crippen molar-refractivity contribution in [2.45, 2.75) is 32.8 Å². The number of benzene rings is 1. The van der Waals surface area contributed by atoms with Crippen LogP contribution in [0.5, 0.6) is 0 Å². The highest BCUT2D eigenvalue weighted by Crippen LogP contribution is 2.19. The van der Waals surface area contributed by atoms with Crippen molar-refractivity contribution in [3.63, 3.8) is 0 Å². The van der Waals surface area contributed by atoms with E-state index in [1.165, 1.54) is 18.2 Å². The third-order valence-electron chi connectivity index (χ3n) is 2.71. The SMILES string of the molecule is CC(C)(C)OC(=O)NCCCNC(=O)c1cc([N+](=O)[O-])ccc1I. The van der Waals surface area contributed by atoms with E-state index >= 15 is 0 Å². The van der Waals surface area contributed by atoms with E-state index in [0.29, 0.717) is 23.1 Å². The number of nitrogens with one attached hydrogen (secondary N) is 2. The van der Waals surface area contributed by atoms with Crippen LogP contribution in [0.1, 0.15) is 37.6 Å². The van der Waals surface area contributed by atoms with Crippen LogP contribution in [0.2, 0.25) is 0 Å². The molecule has 0 saturated heterocycles. The molecule has 0 aliphatic rings. The van der Waals surface area contributed by atoms with Gasteiger partial charge in [-0.05, 0) is 55.8 Å². The van der Waals surface area contributed by atoms with Gasteiger partial charge in [0.25, 0.3) is 11.6 Å². The van der Waals surface area contributed by atoms with Crippen LogP contribution in [0.3, 0.4) is 0 Å². The zero-order valence-electron chi connectivity index (χ0n) is 13.7. The summed E-state index contributed by atoms with van der Waals surface area (Å²) in [7, 11) is 0. The molecule has 0 heterocycles. The second-order valence-corrected chi connectivity index (χ2v) is 7.12. The Hall–Kier alpha value is -1.91. The molecule has 1 rings (SSSR count). The Bertz CT molecular complexity index is 628. The van der Waals surface area contributed by atoms with Crippen molar-refractivity contribution >= 4 is 40.3 Å². The van der Waals surface area contributed by atoms with Crippen molar-refractivity contribution in [3.05, 3.63) is 37.4 Å². The molecule has 0 aliphatic heterocycles. The summed E-state index contributed by atoms with van der Waals surface area (Å²) in [5.74, 6) is -0.389. The highest BCUT2D eigenvalue weighted by atomic mass is 127. The summed E-state index contributed by atoms with van der Waals surface area (Å²) in [6.07, 6.45) is -0.00158. The highest BCUT2D eigenvalue weighted by molar-refractivity contribution is 14.1. The van der Waals surface area contributed by atoms with Gasteiger partial charge in [-0.2, -0.15) is 0 Å². The Morgan fingerprint density at radius 2 is 1.88 bits per heavy atom. The Labute approximate surface area is 153 Å². The standard InChI is InChI=1S/C15H20IN3O5/c1-15(2,3)24-14(21)18-8-4-7-17-13(20)11-9-10(19(22)23)5-6-12(11)16/h5-6,9H,4,7-8H2,1-3H3,(H,17,20)(H,18,21). The number of hydrogen-bond acceptors (Lipinski definition) is 5. The van der Waals surface area contributed by atoms with Crippen LogP contribution in [0, 0.1) is 13.7 Å². The minimum absolute atomic E-state index is 0.132. The number of nitro groups is 1. The molecule has 0 unspecified atom stereocenters. The second kappa shape index (κ2) is 8.81. The third kappa shape index (κ3) is 7.11. The molecule has 132 valence electrons. The summed E-state index contributed by atoms with van der Waals surface area (Å²) in [5, 5.41) is 16.0. The fourth-order valence-electron chi connectivity index (χ4n) is 1.69. The Kier molecular flexibility index (Phi) is 7.39. The number of non-ortho nitro benzene ring substituents is 1. The Balaban J connectivity index is 2.41. The minimum atomic E-state index is -0.559. The van der Waals surface area contributed by atoms with Gasteiger partial charge in [-0.1, -0.05) is 0 Å². The van der Waals surface area contributed by atoms with Gasteiger partial charge < -0.3 is 15.4 Å². The summed E-state index contributed by atoms with van der Waals surface area (Å²) in [5.41, 5.74) is -0.436. The lowest BCUT2D eigenvalue weighted by Crippen LogP contribution is -2.34. The molecule has 1 aromatic rings. The fraction of sp³-hybridized carbons (Fsp3) is 0.467. The fourth-order valence-corrected chi connectivity index (χ4v) is 2.27. The molecule has 2 amide bonds. The van der Waals surface area contributed by atoms with Crippen LogP contribution >= 0.6 is 22.6 Å². The summed E-state index contributed by atoms with van der Waals surface area (Å²) < 4.78 is 5.71. The number of nitro benzene ring substituents is 1. The van der Waals surface area contributed by atoms with Crippen molar-refractivity contribution in [1.29, 1.82) is 0 Å². The molecule has 2 N–H and O–H groups in total. The quantitative estimate of drug-likeness (QED) is 0.300. The molecule has 9 heteroatoms. The predicted octanol–water partition coefficient (Wildman–Crippen LogP) is 2.84. The molecule has 0 saturated carbocycles. The highest BCUT2D eigenvalue weighted by Gasteiger charge is 2.16. The lowest BCUT2D eigenvalue weighted by atomic mass is 10.2. The van der Waals surface area contributed by atoms with Gasteiger partial charge >= 0.3 is 6.09 Å². The molecule has 0 fully saturated rings. The molecule has 8 nitrogen and oxygen atoms in total. The second-order valence-electron chi connectivity index (χ2n) is 5.96. The van der Waals surface area contributed by atoms with Crippen LogP contribution in [0.25, 0.3) is 0 Å². The topological polar surface area (TPSA) is 111 Å². The largest absolute Gasteiger partial charge is 0.444 e. The number of ether oxygens (including phenoxy) is 1. The predicted molar refractivity (Wildman–Crippen MR) is 97.0 cm³/mol. The van der Waals surface area contributed by atoms with E-state index in [9.17, 15) is 19.7 Å². The lowest BCUT2D eigenvalue weighted by Gasteiger charge is -2.19. The number of carbonyl (C=O) groups is 2. The molecule has 0 aliphatic carbocycles. The first-order chi connectivity index (χ1) is 11.1. The van der Waals surface area contributed by atoms with Crippen molar-refractivity contribution in [3.8, 4) is 0 Å². The summed E-state index contributed by atoms with van der Waals surface area (Å²) >= 11 is 1.95. The van der Waals surface area contributed by atoms with Crippen molar-refractivity contribution < 1.29 is 19.2 Å². The number of alkyl carbamates (subject to hydrolysis) is 1. The summed E-state index contributed by atoms with van der Waals surface area (Å²) in [6, 6.07) is 4.12. The average Bonchev–Trinajstić information content (AvgIpc) is 2.44. The maximum absolute atomic E-state index is 12.1. The minimum Gasteiger partial charge on any atom is -0.444 e. The molecule has 0 bridgehead atoms. The number of carbonyl (C=O) groups excluding carboxylic acids is 2. The first kappa shape index (κ1) is 20.1. The summed E-state index contributed by atoms with van der Waals surface area (Å²) in [4.78, 5) is 33.7. The van der Waals surface area contributed by atoms with Gasteiger partial charge in [0.05, 0.1) is 10.5 Å². The van der Waals surface area contributed by atoms with E-state index in [2.05, 4.69) is 10.6 Å². The number of halogens is 1. The first-order valence-corrected chi connectivity index (χ1v) is 8.37. The van der Waals surface area contributed by atoms with Gasteiger partial charge in [0.1, 0.15) is 5.60 Å². The van der Waals surface area contributed by atoms with Gasteiger partial charge in [-0.15, -0.1) is 0 Å². The Morgan fingerprint density at radius 1 is 1.25 bits per heavy atom. The molecule has 0 atom stereocenters. The van der Waals surface area contributed by atoms with Gasteiger partial charge in [0.2, 0.25) is 0 Å². The molecular weight excluding hydrogens is 429 g/mol. The molecular formula is C15H20IN3O5.